The van der Waals surface area contributed by atoms with Crippen LogP contribution in [-0.4, -0.2) is 15.5 Å². The minimum absolute atomic E-state index is 0.272. The molecule has 0 spiro atoms. The number of aryl methyl sites for hydroxylation is 3. The molecule has 22 heavy (non-hydrogen) atoms. The van der Waals surface area contributed by atoms with Gasteiger partial charge in [-0.15, -0.1) is 0 Å². The fourth-order valence-electron chi connectivity index (χ4n) is 2.67. The molecular formula is C18H17NO3. The highest BCUT2D eigenvalue weighted by atomic mass is 16.5. The Morgan fingerprint density at radius 1 is 1.05 bits per heavy atom. The minimum atomic E-state index is -0.940. The molecule has 112 valence electrons. The van der Waals surface area contributed by atoms with Crippen LogP contribution in [0.5, 0.6) is 11.5 Å². The lowest BCUT2D eigenvalue weighted by Crippen LogP contribution is -2.04. The molecular weight excluding hydrogens is 278 g/mol. The summed E-state index contributed by atoms with van der Waals surface area (Å²) in [6.07, 6.45) is 1.73. The van der Waals surface area contributed by atoms with Crippen LogP contribution in [0.15, 0.2) is 42.6 Å². The normalized spacial score (nSPS) is 10.9. The van der Waals surface area contributed by atoms with E-state index in [1.54, 1.807) is 17.5 Å². The highest BCUT2D eigenvalue weighted by Crippen LogP contribution is 2.28. The summed E-state index contributed by atoms with van der Waals surface area (Å²) >= 11 is 0. The first-order valence-corrected chi connectivity index (χ1v) is 7.06. The summed E-state index contributed by atoms with van der Waals surface area (Å²) in [5.74, 6) is 0.448. The monoisotopic (exact) mass is 295 g/mol. The zero-order valence-electron chi connectivity index (χ0n) is 12.8. The van der Waals surface area contributed by atoms with Gasteiger partial charge in [0.05, 0.1) is 6.20 Å². The number of hydrogen-bond donors (Lipinski definition) is 1. The molecule has 4 heteroatoms. The quantitative estimate of drug-likeness (QED) is 0.781. The molecule has 0 amide bonds. The number of aromatic carboxylic acids is 1. The number of pyridine rings is 1. The summed E-state index contributed by atoms with van der Waals surface area (Å²) in [6, 6.07) is 11.5. The molecule has 0 bridgehead atoms. The van der Waals surface area contributed by atoms with Crippen molar-refractivity contribution in [3.05, 3.63) is 65.0 Å². The van der Waals surface area contributed by atoms with Gasteiger partial charge in [0, 0.05) is 5.52 Å². The van der Waals surface area contributed by atoms with Crippen LogP contribution in [0.25, 0.3) is 5.52 Å². The summed E-state index contributed by atoms with van der Waals surface area (Å²) in [4.78, 5) is 11.5. The van der Waals surface area contributed by atoms with Crippen molar-refractivity contribution >= 4 is 11.5 Å². The van der Waals surface area contributed by atoms with Crippen LogP contribution in [0.2, 0.25) is 0 Å². The largest absolute Gasteiger partial charge is 0.477 e. The third kappa shape index (κ3) is 2.33. The average molecular weight is 295 g/mol. The van der Waals surface area contributed by atoms with Crippen molar-refractivity contribution in [2.45, 2.75) is 20.8 Å². The second-order valence-electron chi connectivity index (χ2n) is 5.46. The van der Waals surface area contributed by atoms with Gasteiger partial charge in [-0.1, -0.05) is 18.2 Å². The van der Waals surface area contributed by atoms with E-state index in [4.69, 9.17) is 4.74 Å². The topological polar surface area (TPSA) is 50.9 Å². The maximum Gasteiger partial charge on any atom is 0.353 e. The van der Waals surface area contributed by atoms with Crippen molar-refractivity contribution in [2.24, 2.45) is 0 Å². The Morgan fingerprint density at radius 3 is 2.45 bits per heavy atom. The maximum absolute atomic E-state index is 11.5. The van der Waals surface area contributed by atoms with Gasteiger partial charge >= 0.3 is 5.97 Å². The number of carboxylic acids is 1. The molecule has 0 aliphatic carbocycles. The van der Waals surface area contributed by atoms with E-state index in [1.807, 2.05) is 50.2 Å². The SMILES string of the molecule is Cc1ccccc1Oc1cc(C)c2cc(C)c(C(=O)O)n2c1. The van der Waals surface area contributed by atoms with Gasteiger partial charge in [-0.3, -0.25) is 0 Å². The van der Waals surface area contributed by atoms with Crippen molar-refractivity contribution in [1.29, 1.82) is 0 Å². The molecule has 1 aromatic carbocycles. The van der Waals surface area contributed by atoms with Crippen molar-refractivity contribution < 1.29 is 14.6 Å². The van der Waals surface area contributed by atoms with Crippen molar-refractivity contribution in [3.63, 3.8) is 0 Å². The Bertz CT molecular complexity index is 877. The number of benzene rings is 1. The lowest BCUT2D eigenvalue weighted by Gasteiger charge is -2.11. The van der Waals surface area contributed by atoms with Crippen molar-refractivity contribution in [2.75, 3.05) is 0 Å². The third-order valence-electron chi connectivity index (χ3n) is 3.77. The zero-order valence-corrected chi connectivity index (χ0v) is 12.8. The van der Waals surface area contributed by atoms with Gasteiger partial charge in [0.25, 0.3) is 0 Å². The highest BCUT2D eigenvalue weighted by molar-refractivity contribution is 5.90. The molecule has 2 heterocycles. The first-order valence-electron chi connectivity index (χ1n) is 7.06. The molecule has 0 saturated carbocycles. The molecule has 1 N–H and O–H groups in total. The number of para-hydroxylation sites is 1. The van der Waals surface area contributed by atoms with Crippen LogP contribution in [0.4, 0.5) is 0 Å². The molecule has 0 fully saturated rings. The molecule has 0 radical (unpaired) electrons. The highest BCUT2D eigenvalue weighted by Gasteiger charge is 2.16. The molecule has 0 unspecified atom stereocenters. The van der Waals surface area contributed by atoms with Gasteiger partial charge in [-0.25, -0.2) is 4.79 Å². The lowest BCUT2D eigenvalue weighted by atomic mass is 10.2. The third-order valence-corrected chi connectivity index (χ3v) is 3.77. The van der Waals surface area contributed by atoms with E-state index in [0.717, 1.165) is 28.0 Å². The Kier molecular flexibility index (Phi) is 3.37. The number of nitrogens with zero attached hydrogens (tertiary/aromatic N) is 1. The van der Waals surface area contributed by atoms with E-state index in [1.165, 1.54) is 0 Å². The van der Waals surface area contributed by atoms with Gasteiger partial charge in [0.15, 0.2) is 0 Å². The maximum atomic E-state index is 11.5. The summed E-state index contributed by atoms with van der Waals surface area (Å²) < 4.78 is 7.61. The molecule has 3 aromatic rings. The number of hydrogen-bond acceptors (Lipinski definition) is 2. The Morgan fingerprint density at radius 2 is 1.77 bits per heavy atom. The van der Waals surface area contributed by atoms with Gasteiger partial charge < -0.3 is 14.2 Å². The second-order valence-corrected chi connectivity index (χ2v) is 5.46. The zero-order chi connectivity index (χ0) is 15.9. The number of rotatable bonds is 3. The van der Waals surface area contributed by atoms with Crippen molar-refractivity contribution in [1.82, 2.24) is 4.40 Å². The van der Waals surface area contributed by atoms with E-state index in [0.29, 0.717) is 5.75 Å². The minimum Gasteiger partial charge on any atom is -0.477 e. The smallest absolute Gasteiger partial charge is 0.353 e. The fraction of sp³-hybridized carbons (Fsp3) is 0.167. The number of carboxylic acid groups (broad SMARTS) is 1. The van der Waals surface area contributed by atoms with Crippen LogP contribution in [-0.2, 0) is 0 Å². The molecule has 0 aliphatic heterocycles. The molecule has 4 nitrogen and oxygen atoms in total. The van der Waals surface area contributed by atoms with E-state index in [2.05, 4.69) is 0 Å². The first-order chi connectivity index (χ1) is 10.5. The number of carbonyl (C=O) groups is 1. The van der Waals surface area contributed by atoms with Gasteiger partial charge in [-0.2, -0.15) is 0 Å². The average Bonchev–Trinajstić information content (AvgIpc) is 2.78. The Balaban J connectivity index is 2.14. The molecule has 0 atom stereocenters. The number of fused-ring (bicyclic) bond motifs is 1. The fourth-order valence-corrected chi connectivity index (χ4v) is 2.67. The Labute approximate surface area is 128 Å². The number of ether oxygens (including phenoxy) is 1. The van der Waals surface area contributed by atoms with E-state index >= 15 is 0 Å². The second kappa shape index (κ2) is 5.22. The predicted octanol–water partition coefficient (Wildman–Crippen LogP) is 4.36. The summed E-state index contributed by atoms with van der Waals surface area (Å²) in [7, 11) is 0. The van der Waals surface area contributed by atoms with Crippen LogP contribution in [0.1, 0.15) is 27.2 Å². The van der Waals surface area contributed by atoms with Crippen LogP contribution < -0.4 is 4.74 Å². The van der Waals surface area contributed by atoms with Gasteiger partial charge in [0.1, 0.15) is 17.2 Å². The van der Waals surface area contributed by atoms with Gasteiger partial charge in [-0.05, 0) is 55.7 Å². The van der Waals surface area contributed by atoms with Crippen LogP contribution >= 0.6 is 0 Å². The molecule has 0 saturated heterocycles. The Hall–Kier alpha value is -2.75. The first kappa shape index (κ1) is 14.2. The summed E-state index contributed by atoms with van der Waals surface area (Å²) in [5, 5.41) is 9.41. The van der Waals surface area contributed by atoms with Gasteiger partial charge in [0.2, 0.25) is 0 Å². The molecule has 3 rings (SSSR count). The van der Waals surface area contributed by atoms with Crippen molar-refractivity contribution in [3.8, 4) is 11.5 Å². The van der Waals surface area contributed by atoms with E-state index in [-0.39, 0.29) is 5.69 Å². The van der Waals surface area contributed by atoms with Crippen LogP contribution in [0, 0.1) is 20.8 Å². The number of aromatic nitrogens is 1. The summed E-state index contributed by atoms with van der Waals surface area (Å²) in [5.41, 5.74) is 3.90. The summed E-state index contributed by atoms with van der Waals surface area (Å²) in [6.45, 7) is 5.73. The van der Waals surface area contributed by atoms with E-state index < -0.39 is 5.97 Å². The van der Waals surface area contributed by atoms with Crippen LogP contribution in [0.3, 0.4) is 0 Å². The lowest BCUT2D eigenvalue weighted by molar-refractivity contribution is 0.0688. The standard InChI is InChI=1S/C18H17NO3/c1-11-6-4-5-7-16(11)22-14-8-12(2)15-9-13(3)17(18(20)21)19(15)10-14/h4-10H,1-3H3,(H,20,21). The predicted molar refractivity (Wildman–Crippen MR) is 85.1 cm³/mol. The molecule has 0 aliphatic rings. The van der Waals surface area contributed by atoms with E-state index in [9.17, 15) is 9.90 Å². The molecule has 2 aromatic heterocycles.